The van der Waals surface area contributed by atoms with Crippen molar-refractivity contribution in [2.45, 2.75) is 13.8 Å². The third kappa shape index (κ3) is 2.91. The molecular weight excluding hydrogens is 292 g/mol. The predicted octanol–water partition coefficient (Wildman–Crippen LogP) is 2.76. The fourth-order valence-electron chi connectivity index (χ4n) is 1.82. The maximum atomic E-state index is 12.1. The van der Waals surface area contributed by atoms with Gasteiger partial charge >= 0.3 is 0 Å². The Bertz CT molecular complexity index is 584. The Morgan fingerprint density at radius 3 is 2.55 bits per heavy atom. The van der Waals surface area contributed by atoms with Crippen molar-refractivity contribution in [1.29, 1.82) is 0 Å². The number of rotatable bonds is 3. The molecule has 0 unspecified atom stereocenters. The zero-order chi connectivity index (χ0) is 14.7. The van der Waals surface area contributed by atoms with Crippen molar-refractivity contribution in [1.82, 2.24) is 4.90 Å². The van der Waals surface area contributed by atoms with Gasteiger partial charge in [-0.25, -0.2) is 0 Å². The molecule has 0 radical (unpaired) electrons. The van der Waals surface area contributed by atoms with Gasteiger partial charge < -0.3 is 0 Å². The molecule has 1 saturated heterocycles. The van der Waals surface area contributed by atoms with E-state index in [9.17, 15) is 9.59 Å². The van der Waals surface area contributed by atoms with Gasteiger partial charge in [-0.1, -0.05) is 42.2 Å². The smallest absolute Gasteiger partial charge is 0.267 e. The normalized spacial score (nSPS) is 16.9. The molecule has 1 aliphatic heterocycles. The van der Waals surface area contributed by atoms with Gasteiger partial charge in [0.1, 0.15) is 4.32 Å². The molecule has 104 valence electrons. The number of para-hydroxylation sites is 1. The molecule has 0 spiro atoms. The van der Waals surface area contributed by atoms with Crippen LogP contribution in [0.25, 0.3) is 0 Å². The van der Waals surface area contributed by atoms with Crippen molar-refractivity contribution in [2.24, 2.45) is 0 Å². The molecule has 0 saturated carbocycles. The van der Waals surface area contributed by atoms with Gasteiger partial charge in [0.05, 0.1) is 4.91 Å². The Hall–Kier alpha value is -1.66. The highest BCUT2D eigenvalue weighted by atomic mass is 32.2. The van der Waals surface area contributed by atoms with Crippen molar-refractivity contribution in [3.8, 4) is 0 Å². The number of nitrogens with zero attached hydrogens (tertiary/aromatic N) is 2. The summed E-state index contributed by atoms with van der Waals surface area (Å²) >= 11 is 6.37. The first-order valence-corrected chi connectivity index (χ1v) is 7.37. The standard InChI is InChI=1S/C14H14N2O2S2/c1-3-15-13(18)12(20-14(15)19)9-16(10(2)17)11-7-5-4-6-8-11/h4-9H,3H2,1-2H3/b12-9-. The third-order valence-corrected chi connectivity index (χ3v) is 4.18. The lowest BCUT2D eigenvalue weighted by Crippen LogP contribution is -2.28. The first-order chi connectivity index (χ1) is 9.54. The summed E-state index contributed by atoms with van der Waals surface area (Å²) in [4.78, 5) is 27.4. The van der Waals surface area contributed by atoms with Crippen molar-refractivity contribution >= 4 is 45.8 Å². The zero-order valence-corrected chi connectivity index (χ0v) is 12.8. The predicted molar refractivity (Wildman–Crippen MR) is 85.3 cm³/mol. The molecule has 0 bridgehead atoms. The van der Waals surface area contributed by atoms with Gasteiger partial charge in [-0.2, -0.15) is 0 Å². The molecule has 2 rings (SSSR count). The Morgan fingerprint density at radius 2 is 2.05 bits per heavy atom. The third-order valence-electron chi connectivity index (χ3n) is 2.81. The molecular formula is C14H14N2O2S2. The number of hydrogen-bond acceptors (Lipinski definition) is 4. The molecule has 1 aromatic rings. The minimum atomic E-state index is -0.155. The molecule has 2 amide bonds. The number of anilines is 1. The monoisotopic (exact) mass is 306 g/mol. The number of amides is 2. The van der Waals surface area contributed by atoms with E-state index in [0.717, 1.165) is 5.69 Å². The van der Waals surface area contributed by atoms with Crippen LogP contribution in [0.5, 0.6) is 0 Å². The Balaban J connectivity index is 2.34. The van der Waals surface area contributed by atoms with Crippen molar-refractivity contribution in [3.63, 3.8) is 0 Å². The van der Waals surface area contributed by atoms with E-state index in [1.807, 2.05) is 37.3 Å². The van der Waals surface area contributed by atoms with E-state index in [0.29, 0.717) is 15.8 Å². The summed E-state index contributed by atoms with van der Waals surface area (Å²) in [7, 11) is 0. The minimum absolute atomic E-state index is 0.148. The first-order valence-electron chi connectivity index (χ1n) is 6.15. The van der Waals surface area contributed by atoms with E-state index in [1.165, 1.54) is 28.5 Å². The van der Waals surface area contributed by atoms with Crippen LogP contribution in [0.15, 0.2) is 41.4 Å². The van der Waals surface area contributed by atoms with Crippen molar-refractivity contribution in [3.05, 3.63) is 41.4 Å². The number of carbonyl (C=O) groups excluding carboxylic acids is 2. The highest BCUT2D eigenvalue weighted by molar-refractivity contribution is 8.26. The molecule has 6 heteroatoms. The molecule has 0 atom stereocenters. The van der Waals surface area contributed by atoms with Crippen LogP contribution in [0.1, 0.15) is 13.8 Å². The average molecular weight is 306 g/mol. The number of carbonyl (C=O) groups is 2. The number of thioether (sulfide) groups is 1. The topological polar surface area (TPSA) is 40.6 Å². The second-order valence-corrected chi connectivity index (χ2v) is 5.81. The van der Waals surface area contributed by atoms with Crippen LogP contribution in [-0.2, 0) is 9.59 Å². The second kappa shape index (κ2) is 6.19. The van der Waals surface area contributed by atoms with Crippen LogP contribution >= 0.6 is 24.0 Å². The lowest BCUT2D eigenvalue weighted by Gasteiger charge is -2.17. The molecule has 0 aromatic heterocycles. The molecule has 1 heterocycles. The largest absolute Gasteiger partial charge is 0.293 e. The Labute approximate surface area is 127 Å². The van der Waals surface area contributed by atoms with E-state index in [-0.39, 0.29) is 11.8 Å². The number of hydrogen-bond donors (Lipinski definition) is 0. The minimum Gasteiger partial charge on any atom is -0.293 e. The van der Waals surface area contributed by atoms with E-state index in [1.54, 1.807) is 6.20 Å². The van der Waals surface area contributed by atoms with Gasteiger partial charge in [0.15, 0.2) is 0 Å². The second-order valence-electron chi connectivity index (χ2n) is 4.14. The first kappa shape index (κ1) is 14.7. The van der Waals surface area contributed by atoms with Gasteiger partial charge in [0.2, 0.25) is 5.91 Å². The summed E-state index contributed by atoms with van der Waals surface area (Å²) in [6.45, 7) is 3.87. The van der Waals surface area contributed by atoms with Crippen molar-refractivity contribution < 1.29 is 9.59 Å². The summed E-state index contributed by atoms with van der Waals surface area (Å²) < 4.78 is 0.528. The van der Waals surface area contributed by atoms with Crippen LogP contribution < -0.4 is 4.90 Å². The van der Waals surface area contributed by atoms with Crippen LogP contribution in [0.3, 0.4) is 0 Å². The SMILES string of the molecule is CCN1C(=O)/C(=C/N(C(C)=O)c2ccccc2)SC1=S. The fourth-order valence-corrected chi connectivity index (χ4v) is 3.16. The van der Waals surface area contributed by atoms with Crippen LogP contribution in [-0.4, -0.2) is 27.6 Å². The quantitative estimate of drug-likeness (QED) is 0.636. The molecule has 4 nitrogen and oxygen atoms in total. The summed E-state index contributed by atoms with van der Waals surface area (Å²) in [5, 5.41) is 0. The van der Waals surface area contributed by atoms with E-state index >= 15 is 0 Å². The Morgan fingerprint density at radius 1 is 1.40 bits per heavy atom. The number of benzene rings is 1. The summed E-state index contributed by atoms with van der Waals surface area (Å²) in [5.74, 6) is -0.303. The van der Waals surface area contributed by atoms with Crippen LogP contribution in [0, 0.1) is 0 Å². The lowest BCUT2D eigenvalue weighted by atomic mass is 10.3. The average Bonchev–Trinajstić information content (AvgIpc) is 2.70. The maximum absolute atomic E-state index is 12.1. The van der Waals surface area contributed by atoms with E-state index < -0.39 is 0 Å². The van der Waals surface area contributed by atoms with Crippen molar-refractivity contribution in [2.75, 3.05) is 11.4 Å². The lowest BCUT2D eigenvalue weighted by molar-refractivity contribution is -0.122. The van der Waals surface area contributed by atoms with E-state index in [2.05, 4.69) is 0 Å². The van der Waals surface area contributed by atoms with Crippen LogP contribution in [0.4, 0.5) is 5.69 Å². The zero-order valence-electron chi connectivity index (χ0n) is 11.2. The molecule has 0 aliphatic carbocycles. The summed E-state index contributed by atoms with van der Waals surface area (Å²) in [6.07, 6.45) is 1.56. The number of thiocarbonyl (C=S) groups is 1. The summed E-state index contributed by atoms with van der Waals surface area (Å²) in [5.41, 5.74) is 0.724. The molecule has 1 aliphatic rings. The molecule has 1 fully saturated rings. The van der Waals surface area contributed by atoms with Gasteiger partial charge in [-0.3, -0.25) is 19.4 Å². The van der Waals surface area contributed by atoms with Gasteiger partial charge in [0, 0.05) is 25.4 Å². The van der Waals surface area contributed by atoms with Gasteiger partial charge in [-0.15, -0.1) is 0 Å². The highest BCUT2D eigenvalue weighted by Crippen LogP contribution is 2.31. The highest BCUT2D eigenvalue weighted by Gasteiger charge is 2.31. The number of likely N-dealkylation sites (N-methyl/N-ethyl adjacent to an activating group) is 1. The van der Waals surface area contributed by atoms with Gasteiger partial charge in [-0.05, 0) is 19.1 Å². The Kier molecular flexibility index (Phi) is 4.57. The molecule has 20 heavy (non-hydrogen) atoms. The van der Waals surface area contributed by atoms with Crippen LogP contribution in [0.2, 0.25) is 0 Å². The molecule has 0 N–H and O–H groups in total. The molecule has 1 aromatic carbocycles. The van der Waals surface area contributed by atoms with E-state index in [4.69, 9.17) is 12.2 Å². The summed E-state index contributed by atoms with van der Waals surface area (Å²) in [6, 6.07) is 9.20. The fraction of sp³-hybridized carbons (Fsp3) is 0.214. The van der Waals surface area contributed by atoms with Gasteiger partial charge in [0.25, 0.3) is 5.91 Å². The maximum Gasteiger partial charge on any atom is 0.267 e.